The third kappa shape index (κ3) is 3.90. The maximum absolute atomic E-state index is 10.4. The van der Waals surface area contributed by atoms with Gasteiger partial charge in [0.15, 0.2) is 6.10 Å². The molecule has 0 aromatic heterocycles. The molecule has 0 radical (unpaired) electrons. The van der Waals surface area contributed by atoms with Crippen LogP contribution in [0.3, 0.4) is 0 Å². The third-order valence-electron chi connectivity index (χ3n) is 2.01. The maximum Gasteiger partial charge on any atom is 0.332 e. The van der Waals surface area contributed by atoms with Gasteiger partial charge in [0.05, 0.1) is 6.10 Å². The molecule has 0 bridgehead atoms. The molecule has 4 nitrogen and oxygen atoms in total. The summed E-state index contributed by atoms with van der Waals surface area (Å²) in [5.41, 5.74) is 0.769. The summed E-state index contributed by atoms with van der Waals surface area (Å²) in [4.78, 5) is 10.4. The fraction of sp³-hybridized carbons (Fsp3) is 0.417. The number of carboxylic acids is 1. The minimum absolute atomic E-state index is 0.107. The molecular weight excluding hydrogens is 208 g/mol. The van der Waals surface area contributed by atoms with Gasteiger partial charge in [-0.15, -0.1) is 0 Å². The van der Waals surface area contributed by atoms with E-state index < -0.39 is 12.1 Å². The SMILES string of the molecule is CC(C)Oc1ccc(CC(O)C(=O)O)cc1. The molecule has 4 heteroatoms. The number of rotatable bonds is 5. The fourth-order valence-corrected chi connectivity index (χ4v) is 1.29. The average Bonchev–Trinajstić information content (AvgIpc) is 2.20. The van der Waals surface area contributed by atoms with Gasteiger partial charge in [-0.3, -0.25) is 0 Å². The van der Waals surface area contributed by atoms with Crippen LogP contribution < -0.4 is 4.74 Å². The van der Waals surface area contributed by atoms with Crippen molar-refractivity contribution >= 4 is 5.97 Å². The number of hydrogen-bond acceptors (Lipinski definition) is 3. The van der Waals surface area contributed by atoms with Crippen molar-refractivity contribution in [2.24, 2.45) is 0 Å². The first-order valence-electron chi connectivity index (χ1n) is 5.15. The number of carbonyl (C=O) groups is 1. The second-order valence-electron chi connectivity index (χ2n) is 3.87. The summed E-state index contributed by atoms with van der Waals surface area (Å²) < 4.78 is 5.44. The van der Waals surface area contributed by atoms with Crippen LogP contribution in [-0.4, -0.2) is 28.4 Å². The third-order valence-corrected chi connectivity index (χ3v) is 2.01. The van der Waals surface area contributed by atoms with Gasteiger partial charge in [0.2, 0.25) is 0 Å². The van der Waals surface area contributed by atoms with Gasteiger partial charge in [-0.25, -0.2) is 4.79 Å². The van der Waals surface area contributed by atoms with Crippen LogP contribution in [0.5, 0.6) is 5.75 Å². The lowest BCUT2D eigenvalue weighted by atomic mass is 10.1. The zero-order valence-electron chi connectivity index (χ0n) is 9.38. The smallest absolute Gasteiger partial charge is 0.332 e. The summed E-state index contributed by atoms with van der Waals surface area (Å²) in [6.07, 6.45) is -1.13. The standard InChI is InChI=1S/C12H16O4/c1-8(2)16-10-5-3-9(4-6-10)7-11(13)12(14)15/h3-6,8,11,13H,7H2,1-2H3,(H,14,15). The molecule has 88 valence electrons. The summed E-state index contributed by atoms with van der Waals surface area (Å²) in [5, 5.41) is 17.7. The molecule has 0 aliphatic rings. The Morgan fingerprint density at radius 2 is 1.88 bits per heavy atom. The molecule has 0 aliphatic carbocycles. The Balaban J connectivity index is 2.61. The lowest BCUT2D eigenvalue weighted by Crippen LogP contribution is -2.21. The summed E-state index contributed by atoms with van der Waals surface area (Å²) in [6.45, 7) is 3.87. The molecule has 0 heterocycles. The molecular formula is C12H16O4. The van der Waals surface area contributed by atoms with E-state index in [1.165, 1.54) is 0 Å². The van der Waals surface area contributed by atoms with Crippen molar-refractivity contribution in [2.75, 3.05) is 0 Å². The second-order valence-corrected chi connectivity index (χ2v) is 3.87. The molecule has 0 amide bonds. The lowest BCUT2D eigenvalue weighted by molar-refractivity contribution is -0.146. The number of aliphatic hydroxyl groups is 1. The van der Waals surface area contributed by atoms with Crippen molar-refractivity contribution < 1.29 is 19.7 Å². The summed E-state index contributed by atoms with van der Waals surface area (Å²) in [7, 11) is 0. The molecule has 1 aromatic rings. The predicted octanol–water partition coefficient (Wildman–Crippen LogP) is 1.46. The zero-order valence-corrected chi connectivity index (χ0v) is 9.38. The van der Waals surface area contributed by atoms with E-state index in [4.69, 9.17) is 14.9 Å². The largest absolute Gasteiger partial charge is 0.491 e. The molecule has 2 N–H and O–H groups in total. The number of benzene rings is 1. The van der Waals surface area contributed by atoms with Gasteiger partial charge in [0.25, 0.3) is 0 Å². The van der Waals surface area contributed by atoms with Gasteiger partial charge in [-0.1, -0.05) is 12.1 Å². The molecule has 1 aromatic carbocycles. The Bertz CT molecular complexity index is 343. The molecule has 0 spiro atoms. The highest BCUT2D eigenvalue weighted by atomic mass is 16.5. The van der Waals surface area contributed by atoms with E-state index in [0.29, 0.717) is 0 Å². The molecule has 1 rings (SSSR count). The van der Waals surface area contributed by atoms with Crippen LogP contribution in [0.4, 0.5) is 0 Å². The Kier molecular flexibility index (Phi) is 4.31. The quantitative estimate of drug-likeness (QED) is 0.794. The number of aliphatic hydroxyl groups excluding tert-OH is 1. The molecule has 1 unspecified atom stereocenters. The molecule has 0 saturated carbocycles. The van der Waals surface area contributed by atoms with Crippen molar-refractivity contribution in [3.8, 4) is 5.75 Å². The topological polar surface area (TPSA) is 66.8 Å². The van der Waals surface area contributed by atoms with Crippen LogP contribution in [0, 0.1) is 0 Å². The fourth-order valence-electron chi connectivity index (χ4n) is 1.29. The highest BCUT2D eigenvalue weighted by Crippen LogP contribution is 2.14. The Hall–Kier alpha value is -1.55. The number of carboxylic acid groups (broad SMARTS) is 1. The summed E-state index contributed by atoms with van der Waals surface area (Å²) in [6, 6.07) is 7.04. The average molecular weight is 224 g/mol. The Morgan fingerprint density at radius 3 is 2.31 bits per heavy atom. The van der Waals surface area contributed by atoms with Gasteiger partial charge in [-0.2, -0.15) is 0 Å². The van der Waals surface area contributed by atoms with Crippen LogP contribution in [0.1, 0.15) is 19.4 Å². The van der Waals surface area contributed by atoms with E-state index >= 15 is 0 Å². The first kappa shape index (κ1) is 12.5. The summed E-state index contributed by atoms with van der Waals surface area (Å²) >= 11 is 0. The van der Waals surface area contributed by atoms with Gasteiger partial charge in [0, 0.05) is 6.42 Å². The van der Waals surface area contributed by atoms with Gasteiger partial charge >= 0.3 is 5.97 Å². The van der Waals surface area contributed by atoms with Crippen molar-refractivity contribution in [1.82, 2.24) is 0 Å². The molecule has 0 saturated heterocycles. The van der Waals surface area contributed by atoms with E-state index in [2.05, 4.69) is 0 Å². The van der Waals surface area contributed by atoms with Gasteiger partial charge < -0.3 is 14.9 Å². The predicted molar refractivity (Wildman–Crippen MR) is 59.6 cm³/mol. The van der Waals surface area contributed by atoms with E-state index in [0.717, 1.165) is 11.3 Å². The van der Waals surface area contributed by atoms with Crippen molar-refractivity contribution in [1.29, 1.82) is 0 Å². The van der Waals surface area contributed by atoms with Crippen LogP contribution in [0.15, 0.2) is 24.3 Å². The highest BCUT2D eigenvalue weighted by molar-refractivity contribution is 5.72. The maximum atomic E-state index is 10.4. The monoisotopic (exact) mass is 224 g/mol. The minimum atomic E-state index is -1.35. The first-order valence-corrected chi connectivity index (χ1v) is 5.15. The van der Waals surface area contributed by atoms with Crippen LogP contribution in [0.2, 0.25) is 0 Å². The Morgan fingerprint density at radius 1 is 1.31 bits per heavy atom. The molecule has 16 heavy (non-hydrogen) atoms. The normalized spacial score (nSPS) is 12.5. The number of hydrogen-bond donors (Lipinski definition) is 2. The number of ether oxygens (including phenoxy) is 1. The summed E-state index contributed by atoms with van der Waals surface area (Å²) in [5.74, 6) is -0.467. The van der Waals surface area contributed by atoms with Crippen molar-refractivity contribution in [3.05, 3.63) is 29.8 Å². The van der Waals surface area contributed by atoms with Gasteiger partial charge in [-0.05, 0) is 31.5 Å². The van der Waals surface area contributed by atoms with E-state index in [9.17, 15) is 4.79 Å². The highest BCUT2D eigenvalue weighted by Gasteiger charge is 2.13. The lowest BCUT2D eigenvalue weighted by Gasteiger charge is -2.10. The van der Waals surface area contributed by atoms with Gasteiger partial charge in [0.1, 0.15) is 5.75 Å². The van der Waals surface area contributed by atoms with Crippen LogP contribution >= 0.6 is 0 Å². The van der Waals surface area contributed by atoms with E-state index in [1.807, 2.05) is 13.8 Å². The Labute approximate surface area is 94.5 Å². The zero-order chi connectivity index (χ0) is 12.1. The van der Waals surface area contributed by atoms with Crippen LogP contribution in [0.25, 0.3) is 0 Å². The molecule has 0 fully saturated rings. The van der Waals surface area contributed by atoms with E-state index in [-0.39, 0.29) is 12.5 Å². The second kappa shape index (κ2) is 5.51. The molecule has 0 aliphatic heterocycles. The molecule has 1 atom stereocenters. The van der Waals surface area contributed by atoms with Crippen molar-refractivity contribution in [2.45, 2.75) is 32.5 Å². The van der Waals surface area contributed by atoms with E-state index in [1.54, 1.807) is 24.3 Å². The minimum Gasteiger partial charge on any atom is -0.491 e. The number of aliphatic carboxylic acids is 1. The first-order chi connectivity index (χ1) is 7.49. The van der Waals surface area contributed by atoms with Crippen molar-refractivity contribution in [3.63, 3.8) is 0 Å². The van der Waals surface area contributed by atoms with Crippen LogP contribution in [-0.2, 0) is 11.2 Å².